The molecule has 4 nitrogen and oxygen atoms in total. The molecule has 16 heavy (non-hydrogen) atoms. The molecular weight excluding hydrogens is 220 g/mol. The van der Waals surface area contributed by atoms with Gasteiger partial charge in [0.05, 0.1) is 0 Å². The largest absolute Gasteiger partial charge is 0.308 e. The quantitative estimate of drug-likeness (QED) is 0.358. The highest BCUT2D eigenvalue weighted by Gasteiger charge is 2.12. The molecule has 0 amide bonds. The van der Waals surface area contributed by atoms with Crippen molar-refractivity contribution in [3.63, 3.8) is 0 Å². The minimum Gasteiger partial charge on any atom is -0.308 e. The van der Waals surface area contributed by atoms with Crippen molar-refractivity contribution in [2.24, 2.45) is 5.84 Å². The predicted molar refractivity (Wildman–Crippen MR) is 69.6 cm³/mol. The highest BCUT2D eigenvalue weighted by molar-refractivity contribution is 7.99. The lowest BCUT2D eigenvalue weighted by atomic mass is 10.3. The number of anilines is 1. The van der Waals surface area contributed by atoms with Crippen LogP contribution in [0.3, 0.4) is 0 Å². The second-order valence-corrected chi connectivity index (χ2v) is 5.18. The van der Waals surface area contributed by atoms with Crippen molar-refractivity contribution < 1.29 is 0 Å². The van der Waals surface area contributed by atoms with Gasteiger partial charge >= 0.3 is 0 Å². The van der Waals surface area contributed by atoms with E-state index in [0.29, 0.717) is 5.25 Å². The Morgan fingerprint density at radius 3 is 2.56 bits per heavy atom. The van der Waals surface area contributed by atoms with Crippen molar-refractivity contribution >= 4 is 17.6 Å². The van der Waals surface area contributed by atoms with E-state index in [1.54, 1.807) is 11.8 Å². The highest BCUT2D eigenvalue weighted by Crippen LogP contribution is 2.29. The molecule has 0 spiro atoms. The highest BCUT2D eigenvalue weighted by atomic mass is 32.2. The Balaban J connectivity index is 3.05. The summed E-state index contributed by atoms with van der Waals surface area (Å²) in [5, 5.41) is 1.60. The molecule has 0 aliphatic heterocycles. The lowest BCUT2D eigenvalue weighted by Gasteiger charge is -2.13. The van der Waals surface area contributed by atoms with Gasteiger partial charge in [-0.25, -0.2) is 15.8 Å². The molecule has 0 saturated heterocycles. The Morgan fingerprint density at radius 1 is 1.38 bits per heavy atom. The molecule has 3 N–H and O–H groups in total. The average molecular weight is 240 g/mol. The number of aromatic nitrogens is 2. The van der Waals surface area contributed by atoms with Crippen LogP contribution in [0.15, 0.2) is 5.03 Å². The number of nitrogens with two attached hydrogens (primary N) is 1. The molecule has 0 aliphatic rings. The van der Waals surface area contributed by atoms with E-state index in [1.807, 2.05) is 13.8 Å². The number of thioether (sulfide) groups is 1. The van der Waals surface area contributed by atoms with E-state index in [2.05, 4.69) is 29.2 Å². The molecule has 1 unspecified atom stereocenters. The lowest BCUT2D eigenvalue weighted by molar-refractivity contribution is 0.857. The van der Waals surface area contributed by atoms with Crippen LogP contribution < -0.4 is 11.3 Å². The molecule has 1 rings (SSSR count). The molecule has 90 valence electrons. The third kappa shape index (κ3) is 3.09. The summed E-state index contributed by atoms with van der Waals surface area (Å²) in [6.07, 6.45) is 1.95. The number of aryl methyl sites for hydroxylation is 1. The molecule has 0 aliphatic carbocycles. The average Bonchev–Trinajstić information content (AvgIpc) is 2.31. The minimum absolute atomic E-state index is 0.559. The molecule has 0 fully saturated rings. The lowest BCUT2D eigenvalue weighted by Crippen LogP contribution is -2.13. The monoisotopic (exact) mass is 240 g/mol. The molecule has 0 radical (unpaired) electrons. The van der Waals surface area contributed by atoms with Crippen LogP contribution in [0, 0.1) is 6.92 Å². The third-order valence-electron chi connectivity index (χ3n) is 2.49. The third-order valence-corrected chi connectivity index (χ3v) is 3.84. The summed E-state index contributed by atoms with van der Waals surface area (Å²) in [7, 11) is 0. The van der Waals surface area contributed by atoms with Gasteiger partial charge in [-0.05, 0) is 13.3 Å². The molecule has 0 bridgehead atoms. The van der Waals surface area contributed by atoms with Crippen LogP contribution in [-0.4, -0.2) is 15.2 Å². The molecule has 1 heterocycles. The zero-order valence-electron chi connectivity index (χ0n) is 10.4. The summed E-state index contributed by atoms with van der Waals surface area (Å²) in [6, 6.07) is 0. The van der Waals surface area contributed by atoms with Gasteiger partial charge in [0.25, 0.3) is 0 Å². The van der Waals surface area contributed by atoms with Gasteiger partial charge in [-0.2, -0.15) is 0 Å². The Hall–Kier alpha value is -0.810. The second kappa shape index (κ2) is 6.06. The fourth-order valence-electron chi connectivity index (χ4n) is 1.23. The Bertz CT molecular complexity index is 354. The predicted octanol–water partition coefficient (Wildman–Crippen LogP) is 2.52. The zero-order chi connectivity index (χ0) is 12.1. The van der Waals surface area contributed by atoms with Gasteiger partial charge in [0.1, 0.15) is 16.7 Å². The fraction of sp³-hybridized carbons (Fsp3) is 0.636. The first-order valence-corrected chi connectivity index (χ1v) is 6.51. The first-order chi connectivity index (χ1) is 7.62. The Kier molecular flexibility index (Phi) is 5.02. The zero-order valence-corrected chi connectivity index (χ0v) is 11.2. The van der Waals surface area contributed by atoms with Crippen molar-refractivity contribution in [2.45, 2.75) is 50.8 Å². The number of hydrogen-bond acceptors (Lipinski definition) is 5. The van der Waals surface area contributed by atoms with E-state index < -0.39 is 0 Å². The van der Waals surface area contributed by atoms with Crippen LogP contribution in [0.5, 0.6) is 0 Å². The van der Waals surface area contributed by atoms with E-state index >= 15 is 0 Å². The number of nitrogens with zero attached hydrogens (tertiary/aromatic N) is 2. The topological polar surface area (TPSA) is 63.8 Å². The van der Waals surface area contributed by atoms with Crippen LogP contribution in [-0.2, 0) is 6.42 Å². The van der Waals surface area contributed by atoms with Crippen molar-refractivity contribution in [3.05, 3.63) is 11.4 Å². The second-order valence-electron chi connectivity index (χ2n) is 3.75. The Labute approximate surface area is 101 Å². The van der Waals surface area contributed by atoms with E-state index in [-0.39, 0.29) is 0 Å². The minimum atomic E-state index is 0.559. The maximum absolute atomic E-state index is 5.46. The first-order valence-electron chi connectivity index (χ1n) is 5.63. The maximum atomic E-state index is 5.46. The van der Waals surface area contributed by atoms with Crippen LogP contribution in [0.2, 0.25) is 0 Å². The number of rotatable bonds is 5. The van der Waals surface area contributed by atoms with Crippen LogP contribution in [0.4, 0.5) is 5.82 Å². The summed E-state index contributed by atoms with van der Waals surface area (Å²) in [4.78, 5) is 8.89. The van der Waals surface area contributed by atoms with Crippen molar-refractivity contribution in [1.82, 2.24) is 9.97 Å². The molecule has 0 saturated carbocycles. The maximum Gasteiger partial charge on any atom is 0.147 e. The van der Waals surface area contributed by atoms with Gasteiger partial charge in [-0.1, -0.05) is 20.8 Å². The molecule has 0 aromatic carbocycles. The van der Waals surface area contributed by atoms with Crippen molar-refractivity contribution in [2.75, 3.05) is 5.43 Å². The van der Waals surface area contributed by atoms with Gasteiger partial charge < -0.3 is 5.43 Å². The standard InChI is InChI=1S/C11H20N4S/c1-5-7(3)16-11-8(4)10(15-12)13-9(6-2)14-11/h7H,5-6,12H2,1-4H3,(H,13,14,15). The van der Waals surface area contributed by atoms with Crippen molar-refractivity contribution in [3.8, 4) is 0 Å². The van der Waals surface area contributed by atoms with E-state index in [4.69, 9.17) is 5.84 Å². The number of nitrogen functional groups attached to an aromatic ring is 1. The van der Waals surface area contributed by atoms with E-state index in [1.165, 1.54) is 0 Å². The van der Waals surface area contributed by atoms with Gasteiger partial charge in [-0.15, -0.1) is 11.8 Å². The van der Waals surface area contributed by atoms with Crippen LogP contribution >= 0.6 is 11.8 Å². The SMILES string of the molecule is CCc1nc(NN)c(C)c(SC(C)CC)n1. The smallest absolute Gasteiger partial charge is 0.147 e. The normalized spacial score (nSPS) is 12.6. The van der Waals surface area contributed by atoms with E-state index in [0.717, 1.165) is 35.1 Å². The summed E-state index contributed by atoms with van der Waals surface area (Å²) in [6.45, 7) is 8.42. The first kappa shape index (κ1) is 13.3. The fourth-order valence-corrected chi connectivity index (χ4v) is 2.21. The summed E-state index contributed by atoms with van der Waals surface area (Å²) in [5.41, 5.74) is 3.67. The van der Waals surface area contributed by atoms with Gasteiger partial charge in [0.15, 0.2) is 0 Å². The van der Waals surface area contributed by atoms with Crippen LogP contribution in [0.1, 0.15) is 38.6 Å². The van der Waals surface area contributed by atoms with E-state index in [9.17, 15) is 0 Å². The number of hydrazine groups is 1. The summed E-state index contributed by atoms with van der Waals surface area (Å²) in [5.74, 6) is 7.03. The molecule has 1 atom stereocenters. The van der Waals surface area contributed by atoms with Gasteiger partial charge in [0.2, 0.25) is 0 Å². The molecular formula is C11H20N4S. The molecule has 1 aromatic heterocycles. The van der Waals surface area contributed by atoms with Gasteiger partial charge in [0, 0.05) is 17.2 Å². The number of hydrogen-bond donors (Lipinski definition) is 2. The van der Waals surface area contributed by atoms with Crippen LogP contribution in [0.25, 0.3) is 0 Å². The molecule has 1 aromatic rings. The van der Waals surface area contributed by atoms with Gasteiger partial charge in [-0.3, -0.25) is 0 Å². The Morgan fingerprint density at radius 2 is 2.06 bits per heavy atom. The summed E-state index contributed by atoms with van der Waals surface area (Å²) < 4.78 is 0. The molecule has 5 heteroatoms. The summed E-state index contributed by atoms with van der Waals surface area (Å²) >= 11 is 1.78. The number of nitrogens with one attached hydrogen (secondary N) is 1. The van der Waals surface area contributed by atoms with Crippen molar-refractivity contribution in [1.29, 1.82) is 0 Å².